The van der Waals surface area contributed by atoms with E-state index in [4.69, 9.17) is 16.7 Å². The minimum absolute atomic E-state index is 0.00704. The van der Waals surface area contributed by atoms with Crippen LogP contribution in [0.1, 0.15) is 6.92 Å². The second kappa shape index (κ2) is 4.39. The van der Waals surface area contributed by atoms with E-state index in [0.29, 0.717) is 10.8 Å². The molecule has 0 spiro atoms. The average molecular weight is 202 g/mol. The van der Waals surface area contributed by atoms with Crippen LogP contribution in [0.15, 0.2) is 12.5 Å². The first-order valence-electron chi connectivity index (χ1n) is 3.96. The normalized spacial score (nSPS) is 12.6. The topological polar surface area (TPSA) is 49.2 Å². The molecule has 0 aliphatic heterocycles. The SMILES string of the molecule is C[C@H](CO)N(C)c1ncncc1Cl. The van der Waals surface area contributed by atoms with Gasteiger partial charge in [0.05, 0.1) is 18.8 Å². The van der Waals surface area contributed by atoms with Crippen LogP contribution in [-0.4, -0.2) is 34.8 Å². The van der Waals surface area contributed by atoms with E-state index in [1.807, 2.05) is 18.9 Å². The van der Waals surface area contributed by atoms with Gasteiger partial charge in [-0.3, -0.25) is 0 Å². The van der Waals surface area contributed by atoms with Crippen molar-refractivity contribution in [1.29, 1.82) is 0 Å². The van der Waals surface area contributed by atoms with Gasteiger partial charge in [0.25, 0.3) is 0 Å². The molecule has 13 heavy (non-hydrogen) atoms. The molecule has 1 aromatic heterocycles. The number of aliphatic hydroxyl groups is 1. The zero-order valence-corrected chi connectivity index (χ0v) is 8.36. The summed E-state index contributed by atoms with van der Waals surface area (Å²) in [5, 5.41) is 9.42. The highest BCUT2D eigenvalue weighted by Crippen LogP contribution is 2.21. The molecule has 1 atom stereocenters. The van der Waals surface area contributed by atoms with Gasteiger partial charge >= 0.3 is 0 Å². The number of hydrogen-bond donors (Lipinski definition) is 1. The Morgan fingerprint density at radius 1 is 1.69 bits per heavy atom. The Hall–Kier alpha value is -0.870. The van der Waals surface area contributed by atoms with E-state index in [1.54, 1.807) is 0 Å². The summed E-state index contributed by atoms with van der Waals surface area (Å²) in [5.74, 6) is 0.637. The molecule has 0 aliphatic carbocycles. The predicted molar refractivity (Wildman–Crippen MR) is 52.0 cm³/mol. The lowest BCUT2D eigenvalue weighted by Crippen LogP contribution is -2.32. The molecule has 1 N–H and O–H groups in total. The van der Waals surface area contributed by atoms with E-state index in [9.17, 15) is 0 Å². The van der Waals surface area contributed by atoms with Gasteiger partial charge in [0.1, 0.15) is 11.3 Å². The van der Waals surface area contributed by atoms with E-state index in [-0.39, 0.29) is 12.6 Å². The second-order valence-electron chi connectivity index (χ2n) is 2.84. The van der Waals surface area contributed by atoms with Gasteiger partial charge in [-0.25, -0.2) is 9.97 Å². The first kappa shape index (κ1) is 10.2. The zero-order chi connectivity index (χ0) is 9.84. The lowest BCUT2D eigenvalue weighted by atomic mass is 10.3. The zero-order valence-electron chi connectivity index (χ0n) is 7.61. The predicted octanol–water partition coefficient (Wildman–Crippen LogP) is 0.947. The van der Waals surface area contributed by atoms with Crippen LogP contribution in [-0.2, 0) is 0 Å². The molecule has 0 radical (unpaired) electrons. The second-order valence-corrected chi connectivity index (χ2v) is 3.24. The molecule has 4 nitrogen and oxygen atoms in total. The summed E-state index contributed by atoms with van der Waals surface area (Å²) in [6.07, 6.45) is 2.96. The number of likely N-dealkylation sites (N-methyl/N-ethyl adjacent to an activating group) is 1. The minimum Gasteiger partial charge on any atom is -0.394 e. The first-order valence-corrected chi connectivity index (χ1v) is 4.33. The summed E-state index contributed by atoms with van der Waals surface area (Å²) in [5.41, 5.74) is 0. The lowest BCUT2D eigenvalue weighted by Gasteiger charge is -2.24. The summed E-state index contributed by atoms with van der Waals surface area (Å²) in [6.45, 7) is 1.95. The van der Waals surface area contributed by atoms with Crippen molar-refractivity contribution in [2.24, 2.45) is 0 Å². The fourth-order valence-electron chi connectivity index (χ4n) is 0.897. The van der Waals surface area contributed by atoms with Gasteiger partial charge in [-0.2, -0.15) is 0 Å². The monoisotopic (exact) mass is 201 g/mol. The number of rotatable bonds is 3. The largest absolute Gasteiger partial charge is 0.394 e. The summed E-state index contributed by atoms with van der Waals surface area (Å²) < 4.78 is 0. The molecule has 1 rings (SSSR count). The van der Waals surface area contributed by atoms with Crippen LogP contribution >= 0.6 is 11.6 Å². The van der Waals surface area contributed by atoms with Gasteiger partial charge in [-0.1, -0.05) is 11.6 Å². The molecule has 0 aliphatic rings. The van der Waals surface area contributed by atoms with Crippen LogP contribution in [0.5, 0.6) is 0 Å². The molecular weight excluding hydrogens is 190 g/mol. The quantitative estimate of drug-likeness (QED) is 0.791. The fourth-order valence-corrected chi connectivity index (χ4v) is 1.14. The van der Waals surface area contributed by atoms with Crippen molar-refractivity contribution in [3.8, 4) is 0 Å². The summed E-state index contributed by atoms with van der Waals surface area (Å²) >= 11 is 5.87. The summed E-state index contributed by atoms with van der Waals surface area (Å²) in [7, 11) is 1.83. The van der Waals surface area contributed by atoms with Crippen molar-refractivity contribution in [3.63, 3.8) is 0 Å². The number of nitrogens with zero attached hydrogens (tertiary/aromatic N) is 3. The van der Waals surface area contributed by atoms with Crippen molar-refractivity contribution in [2.45, 2.75) is 13.0 Å². The van der Waals surface area contributed by atoms with Crippen molar-refractivity contribution < 1.29 is 5.11 Å². The number of aromatic nitrogens is 2. The van der Waals surface area contributed by atoms with Crippen molar-refractivity contribution in [1.82, 2.24) is 9.97 Å². The van der Waals surface area contributed by atoms with Gasteiger partial charge in [0.2, 0.25) is 0 Å². The highest BCUT2D eigenvalue weighted by molar-refractivity contribution is 6.32. The van der Waals surface area contributed by atoms with Crippen LogP contribution in [0, 0.1) is 0 Å². The Morgan fingerprint density at radius 3 is 2.92 bits per heavy atom. The third-order valence-corrected chi connectivity index (χ3v) is 2.17. The van der Waals surface area contributed by atoms with Crippen LogP contribution in [0.2, 0.25) is 5.02 Å². The molecule has 0 fully saturated rings. The number of hydrogen-bond acceptors (Lipinski definition) is 4. The number of aliphatic hydroxyl groups excluding tert-OH is 1. The molecule has 72 valence electrons. The Balaban J connectivity index is 2.88. The number of halogens is 1. The molecular formula is C8H12ClN3O. The summed E-state index contributed by atoms with van der Waals surface area (Å²) in [6, 6.07) is -0.00704. The average Bonchev–Trinajstić information content (AvgIpc) is 2.16. The molecule has 1 aromatic rings. The van der Waals surface area contributed by atoms with E-state index in [1.165, 1.54) is 12.5 Å². The third kappa shape index (κ3) is 2.29. The van der Waals surface area contributed by atoms with Crippen molar-refractivity contribution in [2.75, 3.05) is 18.6 Å². The third-order valence-electron chi connectivity index (χ3n) is 1.91. The molecule has 0 bridgehead atoms. The highest BCUT2D eigenvalue weighted by atomic mass is 35.5. The van der Waals surface area contributed by atoms with Gasteiger partial charge < -0.3 is 10.0 Å². The van der Waals surface area contributed by atoms with Crippen molar-refractivity contribution >= 4 is 17.4 Å². The highest BCUT2D eigenvalue weighted by Gasteiger charge is 2.12. The number of anilines is 1. The maximum absolute atomic E-state index is 8.93. The van der Waals surface area contributed by atoms with Crippen LogP contribution in [0.25, 0.3) is 0 Å². The standard InChI is InChI=1S/C8H12ClN3O/c1-6(4-13)12(2)8-7(9)3-10-5-11-8/h3,5-6,13H,4H2,1-2H3/t6-/m1/s1. The minimum atomic E-state index is -0.00704. The van der Waals surface area contributed by atoms with E-state index in [2.05, 4.69) is 9.97 Å². The van der Waals surface area contributed by atoms with Gasteiger partial charge in [0, 0.05) is 7.05 Å². The molecule has 0 saturated carbocycles. The Bertz CT molecular complexity index is 282. The summed E-state index contributed by atoms with van der Waals surface area (Å²) in [4.78, 5) is 9.61. The van der Waals surface area contributed by atoms with Gasteiger partial charge in [0.15, 0.2) is 5.82 Å². The maximum atomic E-state index is 8.93. The van der Waals surface area contributed by atoms with E-state index in [0.717, 1.165) is 0 Å². The van der Waals surface area contributed by atoms with Crippen molar-refractivity contribution in [3.05, 3.63) is 17.5 Å². The molecule has 5 heteroatoms. The fraction of sp³-hybridized carbons (Fsp3) is 0.500. The van der Waals surface area contributed by atoms with Crippen LogP contribution in [0.4, 0.5) is 5.82 Å². The Labute approximate surface area is 82.2 Å². The van der Waals surface area contributed by atoms with Gasteiger partial charge in [-0.15, -0.1) is 0 Å². The molecule has 0 saturated heterocycles. The molecule has 0 amide bonds. The smallest absolute Gasteiger partial charge is 0.150 e. The van der Waals surface area contributed by atoms with E-state index >= 15 is 0 Å². The molecule has 1 heterocycles. The van der Waals surface area contributed by atoms with Crippen LogP contribution < -0.4 is 4.90 Å². The Morgan fingerprint density at radius 2 is 2.38 bits per heavy atom. The van der Waals surface area contributed by atoms with Gasteiger partial charge in [-0.05, 0) is 6.92 Å². The van der Waals surface area contributed by atoms with Crippen LogP contribution in [0.3, 0.4) is 0 Å². The molecule has 0 unspecified atom stereocenters. The maximum Gasteiger partial charge on any atom is 0.150 e. The molecule has 0 aromatic carbocycles. The van der Waals surface area contributed by atoms with E-state index < -0.39 is 0 Å². The first-order chi connectivity index (χ1) is 6.16. The Kier molecular flexibility index (Phi) is 3.45. The lowest BCUT2D eigenvalue weighted by molar-refractivity contribution is 0.270.